The number of nitrogens with zero attached hydrogens (tertiary/aromatic N) is 2. The first-order valence-corrected chi connectivity index (χ1v) is 4.59. The Balaban J connectivity index is 2.15. The molecule has 3 nitrogen and oxygen atoms in total. The number of hydrogen-bond acceptors (Lipinski definition) is 2. The third-order valence-electron chi connectivity index (χ3n) is 2.10. The Bertz CT molecular complexity index is 254. The molecule has 0 atom stereocenters. The van der Waals surface area contributed by atoms with Gasteiger partial charge in [0.25, 0.3) is 0 Å². The van der Waals surface area contributed by atoms with Crippen LogP contribution in [0.15, 0.2) is 6.07 Å². The lowest BCUT2D eigenvalue weighted by atomic mass is 10.3. The van der Waals surface area contributed by atoms with E-state index in [1.54, 1.807) is 0 Å². The zero-order chi connectivity index (χ0) is 8.55. The van der Waals surface area contributed by atoms with Gasteiger partial charge in [0.1, 0.15) is 5.82 Å². The summed E-state index contributed by atoms with van der Waals surface area (Å²) < 4.78 is 2.10. The van der Waals surface area contributed by atoms with Crippen molar-refractivity contribution >= 4 is 5.82 Å². The number of rotatable bonds is 2. The Morgan fingerprint density at radius 1 is 1.58 bits per heavy atom. The van der Waals surface area contributed by atoms with Gasteiger partial charge in [-0.1, -0.05) is 0 Å². The van der Waals surface area contributed by atoms with Crippen LogP contribution in [-0.4, -0.2) is 15.8 Å². The minimum Gasteiger partial charge on any atom is -0.366 e. The average Bonchev–Trinajstić information content (AvgIpc) is 2.43. The quantitative estimate of drug-likeness (QED) is 0.722. The maximum absolute atomic E-state index is 4.44. The number of anilines is 1. The summed E-state index contributed by atoms with van der Waals surface area (Å²) in [4.78, 5) is 0. The molecule has 1 aliphatic rings. The van der Waals surface area contributed by atoms with Crippen molar-refractivity contribution in [2.75, 3.05) is 5.32 Å². The number of aryl methyl sites for hydroxylation is 2. The fraction of sp³-hybridized carbons (Fsp3) is 0.667. The smallest absolute Gasteiger partial charge is 0.148 e. The third-order valence-corrected chi connectivity index (χ3v) is 2.10. The van der Waals surface area contributed by atoms with E-state index in [9.17, 15) is 0 Å². The lowest BCUT2D eigenvalue weighted by Crippen LogP contribution is -2.10. The molecule has 12 heavy (non-hydrogen) atoms. The van der Waals surface area contributed by atoms with Crippen LogP contribution in [-0.2, 0) is 13.0 Å². The van der Waals surface area contributed by atoms with Gasteiger partial charge in [0.2, 0.25) is 0 Å². The summed E-state index contributed by atoms with van der Waals surface area (Å²) in [7, 11) is 0. The van der Waals surface area contributed by atoms with Crippen LogP contribution >= 0.6 is 0 Å². The molecular formula is C9H15N3. The van der Waals surface area contributed by atoms with E-state index in [1.807, 2.05) is 0 Å². The standard InChI is InChI=1S/C9H15N3/c1-7(2)10-9-6-8-4-3-5-12(8)11-9/h6-7H,3-5H2,1-2H3,(H,10,11). The number of hydrogen-bond donors (Lipinski definition) is 1. The highest BCUT2D eigenvalue weighted by Gasteiger charge is 2.13. The second-order valence-electron chi connectivity index (χ2n) is 3.65. The molecule has 1 aromatic heterocycles. The number of aromatic nitrogens is 2. The summed E-state index contributed by atoms with van der Waals surface area (Å²) in [6, 6.07) is 2.63. The Morgan fingerprint density at radius 2 is 2.42 bits per heavy atom. The van der Waals surface area contributed by atoms with Crippen LogP contribution in [0.4, 0.5) is 5.82 Å². The van der Waals surface area contributed by atoms with Crippen LogP contribution in [0.1, 0.15) is 26.0 Å². The molecule has 0 aliphatic carbocycles. The first kappa shape index (κ1) is 7.65. The Labute approximate surface area is 72.8 Å². The van der Waals surface area contributed by atoms with Gasteiger partial charge in [-0.05, 0) is 26.7 Å². The van der Waals surface area contributed by atoms with Crippen LogP contribution in [0.3, 0.4) is 0 Å². The minimum absolute atomic E-state index is 0.473. The largest absolute Gasteiger partial charge is 0.366 e. The SMILES string of the molecule is CC(C)Nc1cc2n(n1)CCC2. The van der Waals surface area contributed by atoms with E-state index >= 15 is 0 Å². The number of nitrogens with one attached hydrogen (secondary N) is 1. The summed E-state index contributed by atoms with van der Waals surface area (Å²) >= 11 is 0. The second-order valence-corrected chi connectivity index (χ2v) is 3.65. The fourth-order valence-electron chi connectivity index (χ4n) is 1.63. The molecular weight excluding hydrogens is 150 g/mol. The zero-order valence-electron chi connectivity index (χ0n) is 7.67. The van der Waals surface area contributed by atoms with Crippen molar-refractivity contribution in [2.45, 2.75) is 39.3 Å². The average molecular weight is 165 g/mol. The van der Waals surface area contributed by atoms with Crippen molar-refractivity contribution in [2.24, 2.45) is 0 Å². The molecule has 1 aliphatic heterocycles. The van der Waals surface area contributed by atoms with Crippen LogP contribution < -0.4 is 5.32 Å². The van der Waals surface area contributed by atoms with Crippen molar-refractivity contribution in [3.05, 3.63) is 11.8 Å². The molecule has 0 bridgehead atoms. The van der Waals surface area contributed by atoms with Gasteiger partial charge in [0.15, 0.2) is 0 Å². The zero-order valence-corrected chi connectivity index (χ0v) is 7.67. The normalized spacial score (nSPS) is 15.2. The van der Waals surface area contributed by atoms with E-state index in [0.717, 1.165) is 12.4 Å². The Hall–Kier alpha value is -0.990. The molecule has 2 heterocycles. The molecule has 0 unspecified atom stereocenters. The van der Waals surface area contributed by atoms with Crippen molar-refractivity contribution in [3.63, 3.8) is 0 Å². The first-order valence-electron chi connectivity index (χ1n) is 4.59. The maximum Gasteiger partial charge on any atom is 0.148 e. The summed E-state index contributed by atoms with van der Waals surface area (Å²) in [6.07, 6.45) is 2.44. The van der Waals surface area contributed by atoms with E-state index in [-0.39, 0.29) is 0 Å². The van der Waals surface area contributed by atoms with Gasteiger partial charge in [-0.15, -0.1) is 0 Å². The highest BCUT2D eigenvalue weighted by atomic mass is 15.3. The van der Waals surface area contributed by atoms with Crippen LogP contribution in [0, 0.1) is 0 Å². The second kappa shape index (κ2) is 2.81. The van der Waals surface area contributed by atoms with E-state index in [1.165, 1.54) is 18.5 Å². The van der Waals surface area contributed by atoms with Crippen molar-refractivity contribution in [3.8, 4) is 0 Å². The topological polar surface area (TPSA) is 29.9 Å². The van der Waals surface area contributed by atoms with Gasteiger partial charge in [0, 0.05) is 24.3 Å². The Kier molecular flexibility index (Phi) is 1.79. The van der Waals surface area contributed by atoms with Gasteiger partial charge in [-0.25, -0.2) is 0 Å². The molecule has 0 radical (unpaired) electrons. The van der Waals surface area contributed by atoms with Crippen LogP contribution in [0.2, 0.25) is 0 Å². The van der Waals surface area contributed by atoms with Gasteiger partial charge in [0.05, 0.1) is 0 Å². The van der Waals surface area contributed by atoms with Gasteiger partial charge in [-0.3, -0.25) is 4.68 Å². The lowest BCUT2D eigenvalue weighted by molar-refractivity contribution is 0.656. The summed E-state index contributed by atoms with van der Waals surface area (Å²) in [5.41, 5.74) is 1.37. The fourth-order valence-corrected chi connectivity index (χ4v) is 1.63. The molecule has 3 heteroatoms. The Morgan fingerprint density at radius 3 is 3.08 bits per heavy atom. The van der Waals surface area contributed by atoms with Crippen molar-refractivity contribution in [1.82, 2.24) is 9.78 Å². The predicted octanol–water partition coefficient (Wildman–Crippen LogP) is 1.65. The minimum atomic E-state index is 0.473. The molecule has 0 fully saturated rings. The molecule has 1 N–H and O–H groups in total. The van der Waals surface area contributed by atoms with E-state index in [4.69, 9.17) is 0 Å². The summed E-state index contributed by atoms with van der Waals surface area (Å²) in [5.74, 6) is 1.03. The molecule has 2 rings (SSSR count). The highest BCUT2D eigenvalue weighted by molar-refractivity contribution is 5.37. The summed E-state index contributed by atoms with van der Waals surface area (Å²) in [5, 5.41) is 7.74. The van der Waals surface area contributed by atoms with Gasteiger partial charge < -0.3 is 5.32 Å². The van der Waals surface area contributed by atoms with Gasteiger partial charge in [-0.2, -0.15) is 5.10 Å². The van der Waals surface area contributed by atoms with Crippen LogP contribution in [0.5, 0.6) is 0 Å². The third kappa shape index (κ3) is 1.31. The van der Waals surface area contributed by atoms with Crippen LogP contribution in [0.25, 0.3) is 0 Å². The van der Waals surface area contributed by atoms with Crippen molar-refractivity contribution in [1.29, 1.82) is 0 Å². The van der Waals surface area contributed by atoms with Gasteiger partial charge >= 0.3 is 0 Å². The summed E-state index contributed by atoms with van der Waals surface area (Å²) in [6.45, 7) is 5.35. The first-order chi connectivity index (χ1) is 5.75. The monoisotopic (exact) mass is 165 g/mol. The van der Waals surface area contributed by atoms with E-state index in [2.05, 4.69) is 35.0 Å². The molecule has 0 saturated carbocycles. The maximum atomic E-state index is 4.44. The molecule has 0 saturated heterocycles. The van der Waals surface area contributed by atoms with E-state index < -0.39 is 0 Å². The lowest BCUT2D eigenvalue weighted by Gasteiger charge is -2.05. The molecule has 0 amide bonds. The highest BCUT2D eigenvalue weighted by Crippen LogP contribution is 2.18. The molecule has 0 spiro atoms. The van der Waals surface area contributed by atoms with E-state index in [0.29, 0.717) is 6.04 Å². The molecule has 1 aromatic rings. The van der Waals surface area contributed by atoms with Crippen molar-refractivity contribution < 1.29 is 0 Å². The molecule has 66 valence electrons. The number of fused-ring (bicyclic) bond motifs is 1. The molecule has 0 aromatic carbocycles. The predicted molar refractivity (Wildman–Crippen MR) is 49.3 cm³/mol.